The van der Waals surface area contributed by atoms with Crippen molar-refractivity contribution in [1.82, 2.24) is 0 Å². The van der Waals surface area contributed by atoms with Crippen molar-refractivity contribution in [2.75, 3.05) is 92.5 Å². The molecule has 0 atom stereocenters. The first-order valence-corrected chi connectivity index (χ1v) is 20.0. The van der Waals surface area contributed by atoms with E-state index in [4.69, 9.17) is 37.6 Å². The van der Waals surface area contributed by atoms with Gasteiger partial charge in [-0.1, -0.05) is 78.4 Å². The van der Waals surface area contributed by atoms with E-state index >= 15 is 0 Å². The summed E-state index contributed by atoms with van der Waals surface area (Å²) in [6.45, 7) is 21.2. The van der Waals surface area contributed by atoms with E-state index in [1.54, 1.807) is 0 Å². The zero-order valence-corrected chi connectivity index (χ0v) is 30.1. The number of aryl methyl sites for hydroxylation is 1. The minimum Gasteiger partial charge on any atom is -0.491 e. The lowest BCUT2D eigenvalue weighted by atomic mass is 10.0. The lowest BCUT2D eigenvalue weighted by Gasteiger charge is -2.36. The van der Waals surface area contributed by atoms with Crippen LogP contribution in [-0.4, -0.2) is 101 Å². The van der Waals surface area contributed by atoms with Gasteiger partial charge in [-0.15, -0.1) is 0 Å². The van der Waals surface area contributed by atoms with E-state index in [9.17, 15) is 0 Å². The van der Waals surface area contributed by atoms with Crippen LogP contribution in [0.5, 0.6) is 5.75 Å². The molecule has 0 radical (unpaired) electrons. The van der Waals surface area contributed by atoms with Gasteiger partial charge < -0.3 is 37.6 Å². The van der Waals surface area contributed by atoms with Gasteiger partial charge >= 0.3 is 0 Å². The van der Waals surface area contributed by atoms with Crippen LogP contribution in [0.1, 0.15) is 78.2 Å². The van der Waals surface area contributed by atoms with Gasteiger partial charge in [0.1, 0.15) is 12.4 Å². The van der Waals surface area contributed by atoms with E-state index in [0.717, 1.165) is 12.2 Å². The topological polar surface area (TPSA) is 73.8 Å². The summed E-state index contributed by atoms with van der Waals surface area (Å²) in [5.74, 6) is 0.894. The van der Waals surface area contributed by atoms with Gasteiger partial charge in [-0.2, -0.15) is 0 Å². The minimum atomic E-state index is -1.69. The number of ether oxygens (including phenoxy) is 7. The van der Waals surface area contributed by atoms with Crippen LogP contribution in [0, 0.1) is 0 Å². The van der Waals surface area contributed by atoms with Crippen LogP contribution >= 0.6 is 0 Å². The van der Waals surface area contributed by atoms with Crippen LogP contribution in [0.4, 0.5) is 0 Å². The van der Waals surface area contributed by atoms with Gasteiger partial charge in [-0.3, -0.25) is 0 Å². The Labute approximate surface area is 270 Å². The fourth-order valence-corrected chi connectivity index (χ4v) is 5.06. The number of benzene rings is 1. The van der Waals surface area contributed by atoms with Crippen molar-refractivity contribution in [3.05, 3.63) is 29.8 Å². The molecule has 0 aliphatic heterocycles. The molecule has 1 aromatic rings. The Hall–Kier alpha value is -1.04. The Bertz CT molecular complexity index is 754. The first-order chi connectivity index (χ1) is 21.3. The van der Waals surface area contributed by atoms with Gasteiger partial charge in [0.25, 0.3) is 0 Å². The summed E-state index contributed by atoms with van der Waals surface area (Å²) < 4.78 is 45.2. The fourth-order valence-electron chi connectivity index (χ4n) is 4.03. The molecule has 9 heteroatoms. The van der Waals surface area contributed by atoms with Crippen LogP contribution in [0.3, 0.4) is 0 Å². The standard InChI is InChI=1S/C35H66O8Si/c1-7-8-9-10-11-12-13-14-33-15-17-34(18-16-33)42-31-29-40-27-25-38-23-21-36-19-20-37-22-24-39-26-28-41-30-32-43-44(5,6)35(2,3)4/h15-18H,7-14,19-32H2,1-6H3. The van der Waals surface area contributed by atoms with E-state index in [0.29, 0.717) is 92.5 Å². The van der Waals surface area contributed by atoms with Crippen molar-refractivity contribution < 1.29 is 37.6 Å². The molecular formula is C35H66O8Si. The van der Waals surface area contributed by atoms with Gasteiger partial charge in [-0.05, 0) is 48.7 Å². The maximum Gasteiger partial charge on any atom is 0.192 e. The highest BCUT2D eigenvalue weighted by molar-refractivity contribution is 6.74. The predicted octanol–water partition coefficient (Wildman–Crippen LogP) is 7.48. The molecule has 0 aliphatic rings. The molecule has 0 amide bonds. The minimum absolute atomic E-state index is 0.224. The van der Waals surface area contributed by atoms with Crippen molar-refractivity contribution in [3.8, 4) is 5.75 Å². The predicted molar refractivity (Wildman–Crippen MR) is 182 cm³/mol. The lowest BCUT2D eigenvalue weighted by molar-refractivity contribution is -0.0189. The zero-order chi connectivity index (χ0) is 32.2. The van der Waals surface area contributed by atoms with E-state index < -0.39 is 8.32 Å². The number of rotatable bonds is 31. The fraction of sp³-hybridized carbons (Fsp3) is 0.829. The van der Waals surface area contributed by atoms with Crippen LogP contribution in [0.2, 0.25) is 18.1 Å². The van der Waals surface area contributed by atoms with Gasteiger partial charge in [0.05, 0.1) is 85.9 Å². The lowest BCUT2D eigenvalue weighted by Crippen LogP contribution is -2.41. The Kier molecular flexibility index (Phi) is 25.2. The highest BCUT2D eigenvalue weighted by Gasteiger charge is 2.36. The third-order valence-electron chi connectivity index (χ3n) is 7.85. The first kappa shape index (κ1) is 41.0. The van der Waals surface area contributed by atoms with Crippen molar-refractivity contribution in [2.24, 2.45) is 0 Å². The second-order valence-electron chi connectivity index (χ2n) is 12.6. The van der Waals surface area contributed by atoms with E-state index in [2.05, 4.69) is 65.1 Å². The molecule has 258 valence electrons. The molecule has 0 spiro atoms. The molecule has 0 saturated heterocycles. The van der Waals surface area contributed by atoms with Crippen molar-refractivity contribution in [3.63, 3.8) is 0 Å². The molecule has 0 bridgehead atoms. The SMILES string of the molecule is CCCCCCCCCc1ccc(OCCOCCOCCOCCOCCOCCOCCO[Si](C)(C)C(C)(C)C)cc1. The summed E-state index contributed by atoms with van der Waals surface area (Å²) in [4.78, 5) is 0. The number of hydrogen-bond acceptors (Lipinski definition) is 8. The maximum atomic E-state index is 6.09. The third-order valence-corrected chi connectivity index (χ3v) is 12.4. The van der Waals surface area contributed by atoms with Gasteiger partial charge in [0.2, 0.25) is 0 Å². The molecule has 8 nitrogen and oxygen atoms in total. The maximum absolute atomic E-state index is 6.09. The molecule has 0 heterocycles. The van der Waals surface area contributed by atoms with Crippen molar-refractivity contribution in [2.45, 2.75) is 97.2 Å². The quantitative estimate of drug-likeness (QED) is 0.0610. The van der Waals surface area contributed by atoms with Crippen molar-refractivity contribution >= 4 is 8.32 Å². The highest BCUT2D eigenvalue weighted by atomic mass is 28.4. The Morgan fingerprint density at radius 3 is 1.32 bits per heavy atom. The van der Waals surface area contributed by atoms with Crippen LogP contribution in [-0.2, 0) is 39.3 Å². The van der Waals surface area contributed by atoms with E-state index in [-0.39, 0.29) is 5.04 Å². The molecule has 0 fully saturated rings. The van der Waals surface area contributed by atoms with Crippen LogP contribution in [0.25, 0.3) is 0 Å². The molecule has 1 rings (SSSR count). The highest BCUT2D eigenvalue weighted by Crippen LogP contribution is 2.36. The average Bonchev–Trinajstić information content (AvgIpc) is 2.99. The first-order valence-electron chi connectivity index (χ1n) is 17.1. The Morgan fingerprint density at radius 2 is 0.886 bits per heavy atom. The molecule has 0 saturated carbocycles. The second kappa shape index (κ2) is 27.1. The van der Waals surface area contributed by atoms with Gasteiger partial charge in [0, 0.05) is 0 Å². The summed E-state index contributed by atoms with van der Waals surface area (Å²) >= 11 is 0. The van der Waals surface area contributed by atoms with Gasteiger partial charge in [0.15, 0.2) is 8.32 Å². The summed E-state index contributed by atoms with van der Waals surface area (Å²) in [6, 6.07) is 8.47. The number of unbranched alkanes of at least 4 members (excludes halogenated alkanes) is 6. The Balaban J connectivity index is 1.78. The largest absolute Gasteiger partial charge is 0.491 e. The number of hydrogen-bond donors (Lipinski definition) is 0. The summed E-state index contributed by atoms with van der Waals surface area (Å²) in [6.07, 6.45) is 10.6. The van der Waals surface area contributed by atoms with Gasteiger partial charge in [-0.25, -0.2) is 0 Å². The monoisotopic (exact) mass is 642 g/mol. The molecule has 44 heavy (non-hydrogen) atoms. The molecule has 1 aromatic carbocycles. The summed E-state index contributed by atoms with van der Waals surface area (Å²) in [7, 11) is -1.69. The van der Waals surface area contributed by atoms with Crippen molar-refractivity contribution in [1.29, 1.82) is 0 Å². The van der Waals surface area contributed by atoms with E-state index in [1.807, 2.05) is 0 Å². The third kappa shape index (κ3) is 23.3. The second-order valence-corrected chi connectivity index (χ2v) is 17.5. The summed E-state index contributed by atoms with van der Waals surface area (Å²) in [5, 5.41) is 0.224. The summed E-state index contributed by atoms with van der Waals surface area (Å²) in [5.41, 5.74) is 1.39. The van der Waals surface area contributed by atoms with E-state index in [1.165, 1.54) is 50.5 Å². The Morgan fingerprint density at radius 1 is 0.500 bits per heavy atom. The molecule has 0 aromatic heterocycles. The molecule has 0 unspecified atom stereocenters. The zero-order valence-electron chi connectivity index (χ0n) is 29.1. The smallest absolute Gasteiger partial charge is 0.192 e. The normalized spacial score (nSPS) is 12.2. The average molecular weight is 643 g/mol. The molecule has 0 N–H and O–H groups in total. The van der Waals surface area contributed by atoms with Crippen LogP contribution in [0.15, 0.2) is 24.3 Å². The van der Waals surface area contributed by atoms with Crippen LogP contribution < -0.4 is 4.74 Å². The molecular weight excluding hydrogens is 576 g/mol. The molecule has 0 aliphatic carbocycles.